The fourth-order valence-corrected chi connectivity index (χ4v) is 5.14. The Kier molecular flexibility index (Phi) is 8.67. The average Bonchev–Trinajstić information content (AvgIpc) is 3.13. The molecule has 4 rings (SSSR count). The molecule has 8 nitrogen and oxygen atoms in total. The van der Waals surface area contributed by atoms with Gasteiger partial charge in [0.15, 0.2) is 0 Å². The van der Waals surface area contributed by atoms with Crippen molar-refractivity contribution in [2.24, 2.45) is 0 Å². The molecule has 1 saturated carbocycles. The van der Waals surface area contributed by atoms with Crippen LogP contribution >= 0.6 is 0 Å². The second kappa shape index (κ2) is 11.9. The summed E-state index contributed by atoms with van der Waals surface area (Å²) in [6, 6.07) is 9.75. The van der Waals surface area contributed by atoms with E-state index in [0.717, 1.165) is 49.8 Å². The lowest BCUT2D eigenvalue weighted by molar-refractivity contribution is -0.134. The number of ether oxygens (including phenoxy) is 2. The number of unbranched alkanes of at least 4 members (excludes halogenated alkanes) is 1. The van der Waals surface area contributed by atoms with E-state index in [9.17, 15) is 9.59 Å². The Balaban J connectivity index is 1.56. The summed E-state index contributed by atoms with van der Waals surface area (Å²) in [4.78, 5) is 29.0. The van der Waals surface area contributed by atoms with Crippen LogP contribution in [0.15, 0.2) is 30.3 Å². The third-order valence-corrected chi connectivity index (χ3v) is 7.41. The Morgan fingerprint density at radius 2 is 1.86 bits per heavy atom. The molecule has 2 amide bonds. The molecule has 0 radical (unpaired) electrons. The van der Waals surface area contributed by atoms with Crippen LogP contribution in [0, 0.1) is 0 Å². The van der Waals surface area contributed by atoms with Crippen LogP contribution in [0.5, 0.6) is 5.75 Å². The van der Waals surface area contributed by atoms with E-state index < -0.39 is 5.54 Å². The number of methoxy groups -OCH3 is 1. The van der Waals surface area contributed by atoms with Crippen LogP contribution in [0.25, 0.3) is 11.3 Å². The zero-order valence-corrected chi connectivity index (χ0v) is 21.9. The molecule has 2 aromatic rings. The lowest BCUT2D eigenvalue weighted by Gasteiger charge is -2.43. The van der Waals surface area contributed by atoms with E-state index in [4.69, 9.17) is 14.6 Å². The van der Waals surface area contributed by atoms with Crippen molar-refractivity contribution in [2.45, 2.75) is 83.3 Å². The molecule has 1 N–H and O–H groups in total. The minimum atomic E-state index is -1.05. The van der Waals surface area contributed by atoms with Gasteiger partial charge in [-0.2, -0.15) is 5.10 Å². The van der Waals surface area contributed by atoms with Crippen molar-refractivity contribution in [3.63, 3.8) is 0 Å². The maximum atomic E-state index is 13.7. The molecular formula is C28H40N4O4. The number of nitrogens with one attached hydrogen (secondary N) is 1. The first kappa shape index (κ1) is 26.2. The van der Waals surface area contributed by atoms with Gasteiger partial charge in [-0.05, 0) is 56.5 Å². The Labute approximate surface area is 214 Å². The predicted octanol–water partition coefficient (Wildman–Crippen LogP) is 4.43. The van der Waals surface area contributed by atoms with E-state index in [1.165, 1.54) is 12.8 Å². The van der Waals surface area contributed by atoms with Crippen molar-refractivity contribution in [3.8, 4) is 17.0 Å². The van der Waals surface area contributed by atoms with E-state index in [0.29, 0.717) is 37.7 Å². The van der Waals surface area contributed by atoms with Gasteiger partial charge in [0.25, 0.3) is 5.91 Å². The second-order valence-corrected chi connectivity index (χ2v) is 10.2. The summed E-state index contributed by atoms with van der Waals surface area (Å²) in [5, 5.41) is 8.01. The molecule has 8 heteroatoms. The van der Waals surface area contributed by atoms with Gasteiger partial charge in [0.1, 0.15) is 17.0 Å². The number of benzene rings is 1. The summed E-state index contributed by atoms with van der Waals surface area (Å²) in [7, 11) is 1.61. The quantitative estimate of drug-likeness (QED) is 0.389. The third kappa shape index (κ3) is 5.75. The fourth-order valence-electron chi connectivity index (χ4n) is 5.14. The van der Waals surface area contributed by atoms with E-state index in [1.807, 2.05) is 37.3 Å². The number of nitrogens with zero attached hydrogens (tertiary/aromatic N) is 3. The van der Waals surface area contributed by atoms with E-state index in [2.05, 4.69) is 12.2 Å². The van der Waals surface area contributed by atoms with Crippen molar-refractivity contribution in [1.82, 2.24) is 20.0 Å². The Bertz CT molecular complexity index is 1030. The topological polar surface area (TPSA) is 85.7 Å². The van der Waals surface area contributed by atoms with Crippen LogP contribution in [0.2, 0.25) is 0 Å². The fraction of sp³-hybridized carbons (Fsp3) is 0.607. The lowest BCUT2D eigenvalue weighted by atomic mass is 9.94. The monoisotopic (exact) mass is 496 g/mol. The molecule has 1 aromatic carbocycles. The lowest BCUT2D eigenvalue weighted by Crippen LogP contribution is -2.65. The molecule has 0 unspecified atom stereocenters. The highest BCUT2D eigenvalue weighted by Crippen LogP contribution is 2.31. The molecule has 196 valence electrons. The van der Waals surface area contributed by atoms with Crippen molar-refractivity contribution < 1.29 is 19.1 Å². The highest BCUT2D eigenvalue weighted by Gasteiger charge is 2.48. The van der Waals surface area contributed by atoms with E-state index in [1.54, 1.807) is 16.7 Å². The summed E-state index contributed by atoms with van der Waals surface area (Å²) in [6.07, 6.45) is 8.77. The third-order valence-electron chi connectivity index (χ3n) is 7.41. The predicted molar refractivity (Wildman–Crippen MR) is 139 cm³/mol. The molecule has 1 aliphatic carbocycles. The second-order valence-electron chi connectivity index (χ2n) is 10.2. The standard InChI is InChI=1S/C28H40N4O4/c1-4-5-17-36-23-14-12-21(13-15-23)24-19-25-26(33)31(16-18-35-3)28(2,20-32(25)30-24)27(34)29-22-10-8-6-7-9-11-22/h12-15,19,22H,4-11,16-18,20H2,1-3H3,(H,29,34)/t28-/m1/s1. The summed E-state index contributed by atoms with van der Waals surface area (Å²) >= 11 is 0. The molecule has 1 fully saturated rings. The van der Waals surface area contributed by atoms with E-state index in [-0.39, 0.29) is 17.9 Å². The van der Waals surface area contributed by atoms with Gasteiger partial charge in [-0.15, -0.1) is 0 Å². The number of hydrogen-bond acceptors (Lipinski definition) is 5. The number of carbonyl (C=O) groups is 2. The van der Waals surface area contributed by atoms with Crippen LogP contribution in [0.1, 0.15) is 75.7 Å². The summed E-state index contributed by atoms with van der Waals surface area (Å²) < 4.78 is 12.7. The molecule has 0 spiro atoms. The SMILES string of the molecule is CCCCOc1ccc(-c2cc3n(n2)C[C@](C)(C(=O)NC2CCCCCC2)N(CCOC)C3=O)cc1. The van der Waals surface area contributed by atoms with Gasteiger partial charge in [-0.1, -0.05) is 39.0 Å². The molecule has 0 bridgehead atoms. The number of carbonyl (C=O) groups excluding carboxylic acids is 2. The van der Waals surface area contributed by atoms with Gasteiger partial charge < -0.3 is 19.7 Å². The molecule has 2 aliphatic rings. The van der Waals surface area contributed by atoms with Crippen LogP contribution in [0.3, 0.4) is 0 Å². The number of aromatic nitrogens is 2. The zero-order valence-electron chi connectivity index (χ0n) is 21.9. The summed E-state index contributed by atoms with van der Waals surface area (Å²) in [5.74, 6) is 0.506. The van der Waals surface area contributed by atoms with Crippen LogP contribution < -0.4 is 10.1 Å². The number of fused-ring (bicyclic) bond motifs is 1. The van der Waals surface area contributed by atoms with E-state index >= 15 is 0 Å². The molecule has 36 heavy (non-hydrogen) atoms. The smallest absolute Gasteiger partial charge is 0.273 e. The Morgan fingerprint density at radius 3 is 2.53 bits per heavy atom. The average molecular weight is 497 g/mol. The molecule has 2 heterocycles. The van der Waals surface area contributed by atoms with Crippen molar-refractivity contribution in [1.29, 1.82) is 0 Å². The number of rotatable bonds is 10. The minimum absolute atomic E-state index is 0.116. The van der Waals surface area contributed by atoms with Crippen LogP contribution in [-0.4, -0.2) is 64.9 Å². The van der Waals surface area contributed by atoms with Gasteiger partial charge in [0.2, 0.25) is 5.91 Å². The molecule has 1 aromatic heterocycles. The van der Waals surface area contributed by atoms with Gasteiger partial charge in [0, 0.05) is 25.3 Å². The van der Waals surface area contributed by atoms with Gasteiger partial charge in [0.05, 0.1) is 25.5 Å². The maximum absolute atomic E-state index is 13.7. The highest BCUT2D eigenvalue weighted by molar-refractivity contribution is 6.00. The zero-order chi connectivity index (χ0) is 25.5. The van der Waals surface area contributed by atoms with Gasteiger partial charge in [-0.25, -0.2) is 0 Å². The van der Waals surface area contributed by atoms with Gasteiger partial charge in [-0.3, -0.25) is 14.3 Å². The molecule has 1 aliphatic heterocycles. The first-order valence-electron chi connectivity index (χ1n) is 13.4. The largest absolute Gasteiger partial charge is 0.494 e. The summed E-state index contributed by atoms with van der Waals surface area (Å²) in [5.41, 5.74) is 1.05. The van der Waals surface area contributed by atoms with Crippen molar-refractivity contribution in [2.75, 3.05) is 26.9 Å². The Morgan fingerprint density at radius 1 is 1.14 bits per heavy atom. The normalized spacial score (nSPS) is 20.6. The highest BCUT2D eigenvalue weighted by atomic mass is 16.5. The minimum Gasteiger partial charge on any atom is -0.494 e. The maximum Gasteiger partial charge on any atom is 0.273 e. The first-order chi connectivity index (χ1) is 17.5. The molecular weight excluding hydrogens is 456 g/mol. The number of amides is 2. The first-order valence-corrected chi connectivity index (χ1v) is 13.4. The number of hydrogen-bond donors (Lipinski definition) is 1. The summed E-state index contributed by atoms with van der Waals surface area (Å²) in [6.45, 7) is 5.68. The van der Waals surface area contributed by atoms with Crippen LogP contribution in [0.4, 0.5) is 0 Å². The Hall–Kier alpha value is -2.87. The molecule has 1 atom stereocenters. The molecule has 0 saturated heterocycles. The van der Waals surface area contributed by atoms with Crippen molar-refractivity contribution >= 4 is 11.8 Å². The van der Waals surface area contributed by atoms with Crippen LogP contribution in [-0.2, 0) is 16.1 Å². The van der Waals surface area contributed by atoms with Crippen molar-refractivity contribution in [3.05, 3.63) is 36.0 Å². The van der Waals surface area contributed by atoms with Gasteiger partial charge >= 0.3 is 0 Å².